The van der Waals surface area contributed by atoms with Gasteiger partial charge in [0.15, 0.2) is 0 Å². The first kappa shape index (κ1) is 13.7. The molecule has 2 aromatic carbocycles. The van der Waals surface area contributed by atoms with Crippen molar-refractivity contribution in [2.45, 2.75) is 13.5 Å². The van der Waals surface area contributed by atoms with Crippen molar-refractivity contribution in [3.05, 3.63) is 62.0 Å². The van der Waals surface area contributed by atoms with Gasteiger partial charge in [-0.25, -0.2) is 0 Å². The molecule has 0 fully saturated rings. The second-order valence-corrected chi connectivity index (χ2v) is 5.77. The number of benzene rings is 2. The van der Waals surface area contributed by atoms with Gasteiger partial charge in [0.1, 0.15) is 0 Å². The predicted molar refractivity (Wildman–Crippen MR) is 82.7 cm³/mol. The van der Waals surface area contributed by atoms with Crippen LogP contribution < -0.4 is 5.32 Å². The molecule has 1 nitrogen and oxygen atoms in total. The zero-order valence-corrected chi connectivity index (χ0v) is 12.9. The molecule has 1 N–H and O–H groups in total. The summed E-state index contributed by atoms with van der Waals surface area (Å²) in [6.45, 7) is 2.78. The minimum atomic E-state index is 0.630. The molecular formula is C14H12BrCl2N. The van der Waals surface area contributed by atoms with Gasteiger partial charge in [-0.15, -0.1) is 0 Å². The second-order valence-electron chi connectivity index (χ2n) is 4.07. The van der Waals surface area contributed by atoms with Gasteiger partial charge < -0.3 is 5.32 Å². The molecule has 2 rings (SSSR count). The largest absolute Gasteiger partial charge is 0.380 e. The Balaban J connectivity index is 2.11. The molecule has 18 heavy (non-hydrogen) atoms. The zero-order valence-electron chi connectivity index (χ0n) is 9.81. The molecule has 0 saturated heterocycles. The van der Waals surface area contributed by atoms with Crippen LogP contribution in [0.2, 0.25) is 10.0 Å². The Morgan fingerprint density at radius 3 is 2.56 bits per heavy atom. The van der Waals surface area contributed by atoms with Crippen LogP contribution in [0.4, 0.5) is 5.69 Å². The molecule has 0 atom stereocenters. The van der Waals surface area contributed by atoms with Crippen LogP contribution in [-0.2, 0) is 6.54 Å². The number of rotatable bonds is 3. The quantitative estimate of drug-likeness (QED) is 0.755. The van der Waals surface area contributed by atoms with Crippen LogP contribution in [0.3, 0.4) is 0 Å². The van der Waals surface area contributed by atoms with Crippen LogP contribution in [-0.4, -0.2) is 0 Å². The number of hydrogen-bond donors (Lipinski definition) is 1. The molecule has 0 aliphatic rings. The van der Waals surface area contributed by atoms with Crippen molar-refractivity contribution in [1.29, 1.82) is 0 Å². The van der Waals surface area contributed by atoms with Gasteiger partial charge in [0, 0.05) is 16.0 Å². The molecule has 0 unspecified atom stereocenters. The molecule has 2 aromatic rings. The van der Waals surface area contributed by atoms with E-state index >= 15 is 0 Å². The van der Waals surface area contributed by atoms with E-state index in [-0.39, 0.29) is 0 Å². The molecule has 0 bridgehead atoms. The summed E-state index contributed by atoms with van der Waals surface area (Å²) in [6, 6.07) is 11.7. The second kappa shape index (κ2) is 5.96. The van der Waals surface area contributed by atoms with Gasteiger partial charge in [0.25, 0.3) is 0 Å². The fourth-order valence-corrected chi connectivity index (χ4v) is 2.73. The summed E-state index contributed by atoms with van der Waals surface area (Å²) >= 11 is 15.5. The molecule has 0 aliphatic carbocycles. The lowest BCUT2D eigenvalue weighted by Crippen LogP contribution is -2.00. The minimum absolute atomic E-state index is 0.630. The number of anilines is 1. The molecule has 0 radical (unpaired) electrons. The highest BCUT2D eigenvalue weighted by Crippen LogP contribution is 2.26. The van der Waals surface area contributed by atoms with E-state index < -0.39 is 0 Å². The average molecular weight is 345 g/mol. The summed E-state index contributed by atoms with van der Waals surface area (Å²) in [4.78, 5) is 0. The Bertz CT molecular complexity index is 518. The Labute approximate surface area is 125 Å². The fraction of sp³-hybridized carbons (Fsp3) is 0.143. The topological polar surface area (TPSA) is 12.0 Å². The van der Waals surface area contributed by atoms with E-state index in [9.17, 15) is 0 Å². The van der Waals surface area contributed by atoms with Crippen LogP contribution in [0, 0.1) is 6.92 Å². The van der Waals surface area contributed by atoms with E-state index in [1.807, 2.05) is 12.1 Å². The molecule has 0 spiro atoms. The number of halogens is 3. The molecular weight excluding hydrogens is 333 g/mol. The first-order valence-electron chi connectivity index (χ1n) is 5.50. The molecule has 0 aliphatic heterocycles. The van der Waals surface area contributed by atoms with Gasteiger partial charge in [-0.2, -0.15) is 0 Å². The molecule has 94 valence electrons. The Morgan fingerprint density at radius 1 is 1.11 bits per heavy atom. The highest BCUT2D eigenvalue weighted by atomic mass is 79.9. The summed E-state index contributed by atoms with van der Waals surface area (Å²) in [6.07, 6.45) is 0. The first-order chi connectivity index (χ1) is 8.56. The Hall–Kier alpha value is -0.700. The maximum Gasteiger partial charge on any atom is 0.0652 e. The maximum absolute atomic E-state index is 6.10. The number of hydrogen-bond acceptors (Lipinski definition) is 1. The fourth-order valence-electron chi connectivity index (χ4n) is 1.62. The van der Waals surface area contributed by atoms with Crippen molar-refractivity contribution in [2.75, 3.05) is 5.32 Å². The smallest absolute Gasteiger partial charge is 0.0652 e. The van der Waals surface area contributed by atoms with Crippen LogP contribution in [0.5, 0.6) is 0 Å². The van der Waals surface area contributed by atoms with Gasteiger partial charge >= 0.3 is 0 Å². The standard InChI is InChI=1S/C14H12BrCl2N/c1-9-2-3-10(12(15)6-9)8-18-14-5-4-11(16)7-13(14)17/h2-7,18H,8H2,1H3. The number of nitrogens with one attached hydrogen (secondary N) is 1. The third-order valence-electron chi connectivity index (χ3n) is 2.61. The molecule has 0 heterocycles. The first-order valence-corrected chi connectivity index (χ1v) is 7.05. The summed E-state index contributed by atoms with van der Waals surface area (Å²) in [5, 5.41) is 4.57. The lowest BCUT2D eigenvalue weighted by Gasteiger charge is -2.10. The SMILES string of the molecule is Cc1ccc(CNc2ccc(Cl)cc2Cl)c(Br)c1. The van der Waals surface area contributed by atoms with Crippen LogP contribution in [0.1, 0.15) is 11.1 Å². The van der Waals surface area contributed by atoms with Crippen LogP contribution in [0.25, 0.3) is 0 Å². The third-order valence-corrected chi connectivity index (χ3v) is 3.90. The van der Waals surface area contributed by atoms with Crippen molar-refractivity contribution in [1.82, 2.24) is 0 Å². The summed E-state index contributed by atoms with van der Waals surface area (Å²) in [5.41, 5.74) is 3.30. The van der Waals surface area contributed by atoms with Crippen molar-refractivity contribution < 1.29 is 0 Å². The van der Waals surface area contributed by atoms with Crippen molar-refractivity contribution >= 4 is 44.8 Å². The van der Waals surface area contributed by atoms with Gasteiger partial charge in [0.2, 0.25) is 0 Å². The third kappa shape index (κ3) is 3.41. The molecule has 0 amide bonds. The highest BCUT2D eigenvalue weighted by molar-refractivity contribution is 9.10. The Kier molecular flexibility index (Phi) is 4.55. The van der Waals surface area contributed by atoms with Crippen LogP contribution in [0.15, 0.2) is 40.9 Å². The van der Waals surface area contributed by atoms with E-state index in [0.717, 1.165) is 10.2 Å². The summed E-state index contributed by atoms with van der Waals surface area (Å²) < 4.78 is 1.10. The van der Waals surface area contributed by atoms with E-state index in [1.54, 1.807) is 6.07 Å². The molecule has 0 saturated carbocycles. The lowest BCUT2D eigenvalue weighted by atomic mass is 10.1. The van der Waals surface area contributed by atoms with Gasteiger partial charge in [-0.05, 0) is 42.3 Å². The predicted octanol–water partition coefficient (Wildman–Crippen LogP) is 5.68. The average Bonchev–Trinajstić information content (AvgIpc) is 2.30. The van der Waals surface area contributed by atoms with E-state index in [2.05, 4.69) is 46.4 Å². The highest BCUT2D eigenvalue weighted by Gasteiger charge is 2.03. The minimum Gasteiger partial charge on any atom is -0.380 e. The van der Waals surface area contributed by atoms with Gasteiger partial charge in [-0.3, -0.25) is 0 Å². The van der Waals surface area contributed by atoms with E-state index in [0.29, 0.717) is 16.6 Å². The van der Waals surface area contributed by atoms with Crippen molar-refractivity contribution in [2.24, 2.45) is 0 Å². The van der Waals surface area contributed by atoms with E-state index in [4.69, 9.17) is 23.2 Å². The van der Waals surface area contributed by atoms with Crippen molar-refractivity contribution in [3.63, 3.8) is 0 Å². The summed E-state index contributed by atoms with van der Waals surface area (Å²) in [5.74, 6) is 0. The number of aryl methyl sites for hydroxylation is 1. The maximum atomic E-state index is 6.10. The lowest BCUT2D eigenvalue weighted by molar-refractivity contribution is 1.13. The van der Waals surface area contributed by atoms with Gasteiger partial charge in [-0.1, -0.05) is 51.3 Å². The molecule has 0 aromatic heterocycles. The van der Waals surface area contributed by atoms with Gasteiger partial charge in [0.05, 0.1) is 10.7 Å². The normalized spacial score (nSPS) is 10.4. The summed E-state index contributed by atoms with van der Waals surface area (Å²) in [7, 11) is 0. The van der Waals surface area contributed by atoms with Crippen LogP contribution >= 0.6 is 39.1 Å². The van der Waals surface area contributed by atoms with Crippen molar-refractivity contribution in [3.8, 4) is 0 Å². The molecule has 4 heteroatoms. The Morgan fingerprint density at radius 2 is 1.89 bits per heavy atom. The monoisotopic (exact) mass is 343 g/mol. The zero-order chi connectivity index (χ0) is 13.1. The van der Waals surface area contributed by atoms with E-state index in [1.165, 1.54) is 11.1 Å².